The Morgan fingerprint density at radius 3 is 2.58 bits per heavy atom. The molecule has 0 saturated carbocycles. The highest BCUT2D eigenvalue weighted by atomic mass is 79.9. The van der Waals surface area contributed by atoms with Crippen molar-refractivity contribution in [1.29, 1.82) is 0 Å². The molecule has 1 N–H and O–H groups in total. The number of esters is 1. The maximum Gasteiger partial charge on any atom is 0.312 e. The van der Waals surface area contributed by atoms with Crippen LogP contribution in [0.25, 0.3) is 0 Å². The number of para-hydroxylation sites is 1. The molecule has 6 atom stereocenters. The first kappa shape index (κ1) is 30.5. The lowest BCUT2D eigenvalue weighted by Gasteiger charge is -2.37. The third kappa shape index (κ3) is 5.40. The molecule has 3 fully saturated rings. The van der Waals surface area contributed by atoms with E-state index < -0.39 is 35.6 Å². The van der Waals surface area contributed by atoms with Gasteiger partial charge in [-0.3, -0.25) is 14.4 Å². The van der Waals surface area contributed by atoms with E-state index >= 15 is 0 Å². The summed E-state index contributed by atoms with van der Waals surface area (Å²) in [6.45, 7) is 12.4. The zero-order valence-electron chi connectivity index (χ0n) is 23.5. The lowest BCUT2D eigenvalue weighted by atomic mass is 9.70. The number of nitrogens with zero attached hydrogens (tertiary/aromatic N) is 2. The number of halogens is 1. The van der Waals surface area contributed by atoms with E-state index in [0.29, 0.717) is 38.6 Å². The molecule has 2 amide bonds. The van der Waals surface area contributed by atoms with E-state index in [2.05, 4.69) is 29.1 Å². The Balaban J connectivity index is 1.73. The van der Waals surface area contributed by atoms with Gasteiger partial charge in [0, 0.05) is 30.2 Å². The molecule has 4 rings (SSSR count). The number of carbonyl (C=O) groups is 3. The van der Waals surface area contributed by atoms with Gasteiger partial charge in [-0.15, -0.1) is 13.2 Å². The number of alkyl halides is 1. The lowest BCUT2D eigenvalue weighted by Crippen LogP contribution is -2.57. The van der Waals surface area contributed by atoms with Gasteiger partial charge in [0.15, 0.2) is 0 Å². The third-order valence-electron chi connectivity index (χ3n) is 8.44. The average Bonchev–Trinajstić information content (AvgIpc) is 3.51. The van der Waals surface area contributed by atoms with Gasteiger partial charge in [-0.25, -0.2) is 0 Å². The molecule has 0 aromatic heterocycles. The van der Waals surface area contributed by atoms with Crippen LogP contribution in [-0.4, -0.2) is 76.7 Å². The fourth-order valence-corrected chi connectivity index (χ4v) is 7.73. The predicted molar refractivity (Wildman–Crippen MR) is 157 cm³/mol. The number of carbonyl (C=O) groups excluding carboxylic acids is 3. The number of aryl methyl sites for hydroxylation is 2. The Hall–Kier alpha value is -2.49. The van der Waals surface area contributed by atoms with E-state index in [1.165, 1.54) is 0 Å². The summed E-state index contributed by atoms with van der Waals surface area (Å²) in [7, 11) is 0. The van der Waals surface area contributed by atoms with Crippen LogP contribution in [0.1, 0.15) is 49.7 Å². The number of rotatable bonds is 14. The number of unbranched alkanes of at least 4 members (excludes halogenated alkanes) is 3. The molecule has 2 bridgehead atoms. The molecule has 3 unspecified atom stereocenters. The van der Waals surface area contributed by atoms with Crippen molar-refractivity contribution < 1.29 is 29.0 Å². The van der Waals surface area contributed by atoms with E-state index in [9.17, 15) is 19.5 Å². The summed E-state index contributed by atoms with van der Waals surface area (Å²) in [5.41, 5.74) is 1.53. The Morgan fingerprint density at radius 2 is 1.93 bits per heavy atom. The first-order valence-electron chi connectivity index (χ1n) is 14.2. The van der Waals surface area contributed by atoms with Gasteiger partial charge < -0.3 is 24.4 Å². The minimum absolute atomic E-state index is 0.0678. The maximum atomic E-state index is 14.7. The van der Waals surface area contributed by atoms with Crippen molar-refractivity contribution in [2.45, 2.75) is 74.9 Å². The summed E-state index contributed by atoms with van der Waals surface area (Å²) in [6, 6.07) is 4.98. The van der Waals surface area contributed by atoms with Crippen LogP contribution in [0.3, 0.4) is 0 Å². The van der Waals surface area contributed by atoms with Crippen molar-refractivity contribution in [3.8, 4) is 0 Å². The van der Waals surface area contributed by atoms with Crippen molar-refractivity contribution >= 4 is 39.4 Å². The smallest absolute Gasteiger partial charge is 0.312 e. The molecule has 3 saturated heterocycles. The molecule has 3 aliphatic heterocycles. The minimum atomic E-state index is -1.15. The number of aliphatic hydroxyl groups excluding tert-OH is 1. The summed E-state index contributed by atoms with van der Waals surface area (Å²) in [5.74, 6) is -2.52. The summed E-state index contributed by atoms with van der Waals surface area (Å²) in [5, 5.41) is 9.27. The van der Waals surface area contributed by atoms with Gasteiger partial charge >= 0.3 is 5.97 Å². The second-order valence-corrected chi connectivity index (χ2v) is 12.2. The summed E-state index contributed by atoms with van der Waals surface area (Å²) < 4.78 is 12.2. The highest BCUT2D eigenvalue weighted by molar-refractivity contribution is 9.09. The first-order valence-corrected chi connectivity index (χ1v) is 15.1. The van der Waals surface area contributed by atoms with Gasteiger partial charge in [0.05, 0.1) is 24.5 Å². The van der Waals surface area contributed by atoms with E-state index in [1.807, 2.05) is 32.0 Å². The van der Waals surface area contributed by atoms with Crippen LogP contribution in [0.2, 0.25) is 0 Å². The molecule has 1 aromatic rings. The number of amides is 2. The molecule has 1 spiro atoms. The highest BCUT2D eigenvalue weighted by Gasteiger charge is 2.77. The van der Waals surface area contributed by atoms with Crippen molar-refractivity contribution in [2.75, 3.05) is 31.2 Å². The normalized spacial score (nSPS) is 28.4. The second kappa shape index (κ2) is 13.0. The van der Waals surface area contributed by atoms with Gasteiger partial charge in [-0.1, -0.05) is 46.3 Å². The Bertz CT molecular complexity index is 1120. The predicted octanol–water partition coefficient (Wildman–Crippen LogP) is 4.24. The van der Waals surface area contributed by atoms with Gasteiger partial charge in [0.1, 0.15) is 11.6 Å². The lowest BCUT2D eigenvalue weighted by molar-refractivity contribution is -0.155. The number of aliphatic hydroxyl groups is 1. The standard InChI is InChI=1S/C31H41BrN2O6/c1-5-7-11-18-39-30(38)23-24-28(36)34(16-9-8-10-17-35)27(31(24)19-22(32)26(23)40-31)29(37)33(15-6-2)25-20(3)13-12-14-21(25)4/h5-6,12-14,22-24,26-27,35H,1-2,7-11,15-19H2,3-4H3/t22?,23-,24+,26-,27?,31?/m1/s1. The molecule has 3 heterocycles. The second-order valence-electron chi connectivity index (χ2n) is 11.1. The molecule has 0 radical (unpaired) electrons. The van der Waals surface area contributed by atoms with E-state index in [4.69, 9.17) is 9.47 Å². The third-order valence-corrected chi connectivity index (χ3v) is 9.28. The topological polar surface area (TPSA) is 96.4 Å². The fraction of sp³-hybridized carbons (Fsp3) is 0.581. The summed E-state index contributed by atoms with van der Waals surface area (Å²) >= 11 is 3.71. The summed E-state index contributed by atoms with van der Waals surface area (Å²) in [4.78, 5) is 45.4. The number of fused-ring (bicyclic) bond motifs is 1. The Labute approximate surface area is 245 Å². The van der Waals surface area contributed by atoms with Gasteiger partial charge in [0.2, 0.25) is 5.91 Å². The molecular weight excluding hydrogens is 576 g/mol. The van der Waals surface area contributed by atoms with Crippen LogP contribution in [0, 0.1) is 25.7 Å². The first-order chi connectivity index (χ1) is 19.2. The molecule has 40 heavy (non-hydrogen) atoms. The molecular formula is C31H41BrN2O6. The number of allylic oxidation sites excluding steroid dienone is 1. The molecule has 0 aliphatic carbocycles. The number of hydrogen-bond acceptors (Lipinski definition) is 6. The van der Waals surface area contributed by atoms with Crippen molar-refractivity contribution in [3.05, 3.63) is 54.6 Å². The number of hydrogen-bond donors (Lipinski definition) is 1. The highest BCUT2D eigenvalue weighted by Crippen LogP contribution is 2.60. The quantitative estimate of drug-likeness (QED) is 0.145. The number of ether oxygens (including phenoxy) is 2. The summed E-state index contributed by atoms with van der Waals surface area (Å²) in [6.07, 6.45) is 6.67. The number of anilines is 1. The molecule has 9 heteroatoms. The zero-order chi connectivity index (χ0) is 29.0. The molecule has 1 aromatic carbocycles. The number of likely N-dealkylation sites (tertiary alicyclic amines) is 1. The van der Waals surface area contributed by atoms with Crippen molar-refractivity contribution in [3.63, 3.8) is 0 Å². The largest absolute Gasteiger partial charge is 0.465 e. The van der Waals surface area contributed by atoms with Crippen molar-refractivity contribution in [2.24, 2.45) is 11.8 Å². The van der Waals surface area contributed by atoms with Gasteiger partial charge in [-0.05, 0) is 63.5 Å². The van der Waals surface area contributed by atoms with Crippen LogP contribution in [0.15, 0.2) is 43.5 Å². The van der Waals surface area contributed by atoms with Gasteiger partial charge in [-0.2, -0.15) is 0 Å². The monoisotopic (exact) mass is 616 g/mol. The van der Waals surface area contributed by atoms with E-state index in [-0.39, 0.29) is 36.4 Å². The Kier molecular flexibility index (Phi) is 9.90. The van der Waals surface area contributed by atoms with Gasteiger partial charge in [0.25, 0.3) is 5.91 Å². The van der Waals surface area contributed by atoms with E-state index in [1.54, 1.807) is 22.0 Å². The number of benzene rings is 1. The van der Waals surface area contributed by atoms with Crippen LogP contribution < -0.4 is 4.90 Å². The molecule has 218 valence electrons. The zero-order valence-corrected chi connectivity index (χ0v) is 25.1. The maximum absolute atomic E-state index is 14.7. The van der Waals surface area contributed by atoms with Crippen molar-refractivity contribution in [1.82, 2.24) is 4.90 Å². The molecule has 3 aliphatic rings. The Morgan fingerprint density at radius 1 is 1.20 bits per heavy atom. The van der Waals surface area contributed by atoms with E-state index in [0.717, 1.165) is 23.2 Å². The minimum Gasteiger partial charge on any atom is -0.465 e. The SMILES string of the molecule is C=CCCCOC(=O)[C@H]1[C@@H]2OC3(CC2Br)C(C(=O)N(CC=C)c2c(C)cccc2C)N(CCCCCO)C(=O)[C@H]13. The van der Waals surface area contributed by atoms with Crippen LogP contribution >= 0.6 is 15.9 Å². The van der Waals surface area contributed by atoms with Crippen LogP contribution in [0.5, 0.6) is 0 Å². The van der Waals surface area contributed by atoms with Crippen LogP contribution in [0.4, 0.5) is 5.69 Å². The average molecular weight is 618 g/mol. The fourth-order valence-electron chi connectivity index (χ4n) is 6.79. The van der Waals surface area contributed by atoms with Crippen LogP contribution in [-0.2, 0) is 23.9 Å². The molecule has 8 nitrogen and oxygen atoms in total.